The van der Waals surface area contributed by atoms with Crippen LogP contribution >= 0.6 is 0 Å². The lowest BCUT2D eigenvalue weighted by molar-refractivity contribution is -0.139. The predicted molar refractivity (Wildman–Crippen MR) is 85.3 cm³/mol. The third-order valence-electron chi connectivity index (χ3n) is 5.75. The van der Waals surface area contributed by atoms with Crippen LogP contribution in [0.4, 0.5) is 0 Å². The molecular weight excluding hydrogens is 262 g/mol. The molecule has 0 aromatic heterocycles. The Morgan fingerprint density at radius 3 is 2.48 bits per heavy atom. The molecule has 1 N–H and O–H groups in total. The summed E-state index contributed by atoms with van der Waals surface area (Å²) in [6, 6.07) is 1.33. The SMILES string of the molecule is CCN(C(=O)C1CCCN1C1CCNCC1)C1CCCC1. The highest BCUT2D eigenvalue weighted by Crippen LogP contribution is 2.29. The van der Waals surface area contributed by atoms with Crippen molar-refractivity contribution in [3.63, 3.8) is 0 Å². The van der Waals surface area contributed by atoms with Gasteiger partial charge in [0, 0.05) is 18.6 Å². The van der Waals surface area contributed by atoms with Crippen molar-refractivity contribution < 1.29 is 4.79 Å². The van der Waals surface area contributed by atoms with E-state index >= 15 is 0 Å². The molecule has 21 heavy (non-hydrogen) atoms. The normalized spacial score (nSPS) is 29.1. The summed E-state index contributed by atoms with van der Waals surface area (Å²) in [5, 5.41) is 3.44. The summed E-state index contributed by atoms with van der Waals surface area (Å²) in [7, 11) is 0. The van der Waals surface area contributed by atoms with Crippen LogP contribution in [-0.4, -0.2) is 60.0 Å². The average molecular weight is 293 g/mol. The van der Waals surface area contributed by atoms with Crippen LogP contribution in [0.3, 0.4) is 0 Å². The zero-order valence-electron chi connectivity index (χ0n) is 13.5. The van der Waals surface area contributed by atoms with Gasteiger partial charge in [0.05, 0.1) is 6.04 Å². The van der Waals surface area contributed by atoms with Gasteiger partial charge in [0.15, 0.2) is 0 Å². The van der Waals surface area contributed by atoms with Crippen molar-refractivity contribution in [2.45, 2.75) is 76.4 Å². The van der Waals surface area contributed by atoms with Crippen LogP contribution in [0.15, 0.2) is 0 Å². The molecule has 0 spiro atoms. The summed E-state index contributed by atoms with van der Waals surface area (Å²) in [6.07, 6.45) is 9.74. The molecule has 1 aliphatic carbocycles. The number of nitrogens with zero attached hydrogens (tertiary/aromatic N) is 2. The minimum absolute atomic E-state index is 0.175. The summed E-state index contributed by atoms with van der Waals surface area (Å²) in [6.45, 7) is 6.40. The second kappa shape index (κ2) is 7.10. The highest BCUT2D eigenvalue weighted by molar-refractivity contribution is 5.82. The summed E-state index contributed by atoms with van der Waals surface area (Å²) in [5.41, 5.74) is 0. The molecule has 0 bridgehead atoms. The number of hydrogen-bond donors (Lipinski definition) is 1. The van der Waals surface area contributed by atoms with Gasteiger partial charge >= 0.3 is 0 Å². The highest BCUT2D eigenvalue weighted by atomic mass is 16.2. The Labute approximate surface area is 129 Å². The molecule has 1 atom stereocenters. The van der Waals surface area contributed by atoms with E-state index < -0.39 is 0 Å². The first-order chi connectivity index (χ1) is 10.3. The monoisotopic (exact) mass is 293 g/mol. The number of piperidine rings is 1. The molecule has 0 aromatic rings. The number of carbonyl (C=O) groups is 1. The summed E-state index contributed by atoms with van der Waals surface area (Å²) < 4.78 is 0. The van der Waals surface area contributed by atoms with Gasteiger partial charge in [-0.05, 0) is 65.1 Å². The maximum atomic E-state index is 13.1. The first kappa shape index (κ1) is 15.3. The third-order valence-corrected chi connectivity index (χ3v) is 5.75. The number of hydrogen-bond acceptors (Lipinski definition) is 3. The molecule has 1 amide bonds. The van der Waals surface area contributed by atoms with E-state index in [0.29, 0.717) is 18.0 Å². The van der Waals surface area contributed by atoms with Crippen LogP contribution in [0.5, 0.6) is 0 Å². The van der Waals surface area contributed by atoms with Crippen molar-refractivity contribution in [1.29, 1.82) is 0 Å². The van der Waals surface area contributed by atoms with Gasteiger partial charge in [-0.2, -0.15) is 0 Å². The molecule has 1 saturated carbocycles. The van der Waals surface area contributed by atoms with E-state index in [1.165, 1.54) is 44.9 Å². The standard InChI is InChI=1S/C17H31N3O/c1-2-19(14-6-3-4-7-14)17(21)16-8-5-13-20(16)15-9-11-18-12-10-15/h14-16,18H,2-13H2,1H3. The molecule has 0 radical (unpaired) electrons. The molecule has 120 valence electrons. The van der Waals surface area contributed by atoms with Gasteiger partial charge in [0.2, 0.25) is 5.91 Å². The van der Waals surface area contributed by atoms with E-state index in [1.807, 2.05) is 0 Å². The maximum Gasteiger partial charge on any atom is 0.240 e. The second-order valence-electron chi connectivity index (χ2n) is 6.94. The molecule has 2 aliphatic heterocycles. The van der Waals surface area contributed by atoms with E-state index in [1.54, 1.807) is 0 Å². The lowest BCUT2D eigenvalue weighted by Gasteiger charge is -2.38. The van der Waals surface area contributed by atoms with Crippen molar-refractivity contribution >= 4 is 5.91 Å². The Kier molecular flexibility index (Phi) is 5.17. The van der Waals surface area contributed by atoms with E-state index in [-0.39, 0.29) is 6.04 Å². The lowest BCUT2D eigenvalue weighted by atomic mass is 10.0. The largest absolute Gasteiger partial charge is 0.339 e. The van der Waals surface area contributed by atoms with E-state index in [4.69, 9.17) is 0 Å². The Balaban J connectivity index is 1.66. The van der Waals surface area contributed by atoms with Gasteiger partial charge in [-0.25, -0.2) is 0 Å². The first-order valence-electron chi connectivity index (χ1n) is 9.08. The van der Waals surface area contributed by atoms with Crippen molar-refractivity contribution in [2.24, 2.45) is 0 Å². The molecule has 4 nitrogen and oxygen atoms in total. The molecule has 2 saturated heterocycles. The van der Waals surface area contributed by atoms with Crippen molar-refractivity contribution in [1.82, 2.24) is 15.1 Å². The van der Waals surface area contributed by atoms with Gasteiger partial charge in [-0.15, -0.1) is 0 Å². The van der Waals surface area contributed by atoms with Crippen LogP contribution in [-0.2, 0) is 4.79 Å². The van der Waals surface area contributed by atoms with Gasteiger partial charge in [-0.1, -0.05) is 12.8 Å². The van der Waals surface area contributed by atoms with E-state index in [2.05, 4.69) is 22.0 Å². The van der Waals surface area contributed by atoms with Crippen molar-refractivity contribution in [2.75, 3.05) is 26.2 Å². The predicted octanol–water partition coefficient (Wildman–Crippen LogP) is 1.99. The molecule has 0 aromatic carbocycles. The minimum Gasteiger partial charge on any atom is -0.339 e. The van der Waals surface area contributed by atoms with Gasteiger partial charge in [0.25, 0.3) is 0 Å². The fourth-order valence-electron chi connectivity index (χ4n) is 4.63. The number of nitrogens with one attached hydrogen (secondary N) is 1. The van der Waals surface area contributed by atoms with Gasteiger partial charge in [-0.3, -0.25) is 9.69 Å². The van der Waals surface area contributed by atoms with Crippen LogP contribution in [0, 0.1) is 0 Å². The van der Waals surface area contributed by atoms with Gasteiger partial charge in [0.1, 0.15) is 0 Å². The number of rotatable bonds is 4. The molecule has 3 rings (SSSR count). The van der Waals surface area contributed by atoms with Crippen molar-refractivity contribution in [3.05, 3.63) is 0 Å². The Morgan fingerprint density at radius 1 is 1.10 bits per heavy atom. The van der Waals surface area contributed by atoms with Crippen LogP contribution < -0.4 is 5.32 Å². The zero-order chi connectivity index (χ0) is 14.7. The highest BCUT2D eigenvalue weighted by Gasteiger charge is 2.39. The second-order valence-corrected chi connectivity index (χ2v) is 6.94. The average Bonchev–Trinajstić information content (AvgIpc) is 3.20. The van der Waals surface area contributed by atoms with Crippen LogP contribution in [0.1, 0.15) is 58.3 Å². The molecule has 2 heterocycles. The van der Waals surface area contributed by atoms with Crippen LogP contribution in [0.25, 0.3) is 0 Å². The zero-order valence-corrected chi connectivity index (χ0v) is 13.5. The Bertz CT molecular complexity index is 348. The lowest BCUT2D eigenvalue weighted by Crippen LogP contribution is -2.53. The smallest absolute Gasteiger partial charge is 0.240 e. The summed E-state index contributed by atoms with van der Waals surface area (Å²) in [4.78, 5) is 17.8. The fraction of sp³-hybridized carbons (Fsp3) is 0.941. The maximum absolute atomic E-state index is 13.1. The van der Waals surface area contributed by atoms with Crippen molar-refractivity contribution in [3.8, 4) is 0 Å². The minimum atomic E-state index is 0.175. The Morgan fingerprint density at radius 2 is 1.81 bits per heavy atom. The quantitative estimate of drug-likeness (QED) is 0.861. The fourth-order valence-corrected chi connectivity index (χ4v) is 4.63. The molecule has 1 unspecified atom stereocenters. The molecule has 3 fully saturated rings. The third kappa shape index (κ3) is 3.26. The van der Waals surface area contributed by atoms with Crippen LogP contribution in [0.2, 0.25) is 0 Å². The summed E-state index contributed by atoms with van der Waals surface area (Å²) >= 11 is 0. The summed E-state index contributed by atoms with van der Waals surface area (Å²) in [5.74, 6) is 0.431. The molecule has 4 heteroatoms. The number of carbonyl (C=O) groups excluding carboxylic acids is 1. The first-order valence-corrected chi connectivity index (χ1v) is 9.08. The van der Waals surface area contributed by atoms with E-state index in [9.17, 15) is 4.79 Å². The Hall–Kier alpha value is -0.610. The van der Waals surface area contributed by atoms with Gasteiger partial charge < -0.3 is 10.2 Å². The number of likely N-dealkylation sites (tertiary alicyclic amines) is 1. The number of amides is 1. The number of likely N-dealkylation sites (N-methyl/N-ethyl adjacent to an activating group) is 1. The molecule has 3 aliphatic rings. The topological polar surface area (TPSA) is 35.6 Å². The molecular formula is C17H31N3O. The van der Waals surface area contributed by atoms with E-state index in [0.717, 1.165) is 32.6 Å².